The molecule has 12 aromatic rings. The maximum atomic E-state index is 2.69. The van der Waals surface area contributed by atoms with E-state index in [1.54, 1.807) is 0 Å². The summed E-state index contributed by atoms with van der Waals surface area (Å²) in [6.45, 7) is 21.0. The molecule has 0 amide bonds. The monoisotopic (exact) mass is 1130 g/mol. The largest absolute Gasteiger partial charge is 0.311 e. The topological polar surface area (TPSA) is 6.48 Å². The summed E-state index contributed by atoms with van der Waals surface area (Å²) >= 11 is 0. The molecule has 0 atom stereocenters. The van der Waals surface area contributed by atoms with Crippen LogP contribution in [0.2, 0.25) is 0 Å². The van der Waals surface area contributed by atoms with Crippen molar-refractivity contribution in [1.82, 2.24) is 0 Å². The second-order valence-electron chi connectivity index (χ2n) is 27.6. The van der Waals surface area contributed by atoms with Gasteiger partial charge in [0.15, 0.2) is 0 Å². The van der Waals surface area contributed by atoms with Crippen molar-refractivity contribution in [3.8, 4) is 55.6 Å². The van der Waals surface area contributed by atoms with Gasteiger partial charge in [0.2, 0.25) is 0 Å². The maximum Gasteiger partial charge on any atom is 0.252 e. The Hall–Kier alpha value is -9.70. The minimum absolute atomic E-state index is 0.0989. The van der Waals surface area contributed by atoms with E-state index in [2.05, 4.69) is 351 Å². The first-order chi connectivity index (χ1) is 42.6. The Balaban J connectivity index is 1.15. The van der Waals surface area contributed by atoms with Gasteiger partial charge in [0.1, 0.15) is 0 Å². The number of hydrogen-bond acceptors (Lipinski definition) is 2. The smallest absolute Gasteiger partial charge is 0.252 e. The molecule has 2 nitrogen and oxygen atoms in total. The van der Waals surface area contributed by atoms with Gasteiger partial charge < -0.3 is 9.80 Å². The molecular weight excluding hydrogens is 1060 g/mol. The van der Waals surface area contributed by atoms with Gasteiger partial charge >= 0.3 is 0 Å². The van der Waals surface area contributed by atoms with Gasteiger partial charge in [-0.1, -0.05) is 305 Å². The van der Waals surface area contributed by atoms with Gasteiger partial charge in [-0.25, -0.2) is 0 Å². The Morgan fingerprint density at radius 2 is 0.716 bits per heavy atom. The van der Waals surface area contributed by atoms with E-state index in [4.69, 9.17) is 0 Å². The fourth-order valence-corrected chi connectivity index (χ4v) is 14.9. The van der Waals surface area contributed by atoms with Gasteiger partial charge in [-0.15, -0.1) is 0 Å². The Morgan fingerprint density at radius 3 is 1.27 bits per heavy atom. The predicted molar refractivity (Wildman–Crippen MR) is 376 cm³/mol. The van der Waals surface area contributed by atoms with E-state index in [0.717, 1.165) is 33.8 Å². The fourth-order valence-electron chi connectivity index (χ4n) is 14.9. The molecule has 3 heteroatoms. The minimum Gasteiger partial charge on any atom is -0.311 e. The lowest BCUT2D eigenvalue weighted by Gasteiger charge is -2.46. The molecule has 0 bridgehead atoms. The van der Waals surface area contributed by atoms with Gasteiger partial charge in [-0.05, 0) is 147 Å². The molecule has 1 aliphatic carbocycles. The zero-order chi connectivity index (χ0) is 60.3. The average molecular weight is 1130 g/mol. The molecule has 0 unspecified atom stereocenters. The van der Waals surface area contributed by atoms with Crippen molar-refractivity contribution >= 4 is 57.2 Å². The maximum absolute atomic E-state index is 2.69. The molecule has 0 N–H and O–H groups in total. The van der Waals surface area contributed by atoms with Crippen molar-refractivity contribution in [2.45, 2.75) is 84.0 Å². The number of anilines is 6. The van der Waals surface area contributed by atoms with Gasteiger partial charge in [-0.3, -0.25) is 0 Å². The van der Waals surface area contributed by atoms with Gasteiger partial charge in [0, 0.05) is 39.4 Å². The standard InChI is InChI=1S/C85H73BN2/c1-82(2,3)62-46-49-74(70(53-62)58-33-19-12-20-34-58)87-76-55-64(84(7,8)9)45-48-72(76)86-73-54-63(83(4,5)6)47-50-75(73)88(81-66(56-29-15-10-16-30-56)41-28-42-67(81)57-31-17-11-18-32-57)78-52-59(51-77(87)80(78)86)65-40-27-43-69-68-39-25-26-44-71(68)85(79(65)69,60-35-21-13-22-36-60)61-37-23-14-24-38-61/h10-55H,1-9H3. The third kappa shape index (κ3) is 8.76. The Morgan fingerprint density at radius 1 is 0.284 bits per heavy atom. The molecule has 0 aromatic heterocycles. The van der Waals surface area contributed by atoms with E-state index in [0.29, 0.717) is 0 Å². The first-order valence-corrected chi connectivity index (χ1v) is 31.4. The molecule has 15 rings (SSSR count). The number of rotatable bonds is 8. The van der Waals surface area contributed by atoms with Gasteiger partial charge in [0.25, 0.3) is 6.71 Å². The lowest BCUT2D eigenvalue weighted by Crippen LogP contribution is -2.61. The highest BCUT2D eigenvalue weighted by Crippen LogP contribution is 2.60. The van der Waals surface area contributed by atoms with E-state index in [1.807, 2.05) is 0 Å². The summed E-state index contributed by atoms with van der Waals surface area (Å²) in [4.78, 5) is 5.38. The third-order valence-electron chi connectivity index (χ3n) is 19.2. The highest BCUT2D eigenvalue weighted by molar-refractivity contribution is 7.00. The zero-order valence-electron chi connectivity index (χ0n) is 52.0. The van der Waals surface area contributed by atoms with E-state index in [9.17, 15) is 0 Å². The van der Waals surface area contributed by atoms with Crippen LogP contribution in [0.15, 0.2) is 279 Å². The molecule has 2 aliphatic heterocycles. The molecule has 0 fully saturated rings. The molecule has 3 aliphatic rings. The van der Waals surface area contributed by atoms with E-state index in [1.165, 1.54) is 111 Å². The van der Waals surface area contributed by atoms with Crippen LogP contribution in [0.1, 0.15) is 101 Å². The van der Waals surface area contributed by atoms with Crippen LogP contribution in [0.3, 0.4) is 0 Å². The van der Waals surface area contributed by atoms with Crippen LogP contribution in [0.25, 0.3) is 55.6 Å². The lowest BCUT2D eigenvalue weighted by molar-refractivity contribution is 0.590. The number of benzene rings is 12. The summed E-state index contributed by atoms with van der Waals surface area (Å²) in [5.74, 6) is 0. The van der Waals surface area contributed by atoms with Crippen LogP contribution in [-0.2, 0) is 21.7 Å². The van der Waals surface area contributed by atoms with Crippen molar-refractivity contribution in [3.05, 3.63) is 318 Å². The minimum atomic E-state index is -0.659. The first-order valence-electron chi connectivity index (χ1n) is 31.4. The highest BCUT2D eigenvalue weighted by atomic mass is 15.2. The molecule has 426 valence electrons. The summed E-state index contributed by atoms with van der Waals surface area (Å²) in [7, 11) is 0. The number of para-hydroxylation sites is 1. The summed E-state index contributed by atoms with van der Waals surface area (Å²) in [6, 6.07) is 106. The third-order valence-corrected chi connectivity index (χ3v) is 19.2. The number of nitrogens with zero attached hydrogens (tertiary/aromatic N) is 2. The summed E-state index contributed by atoms with van der Waals surface area (Å²) in [5, 5.41) is 0. The number of fused-ring (bicyclic) bond motifs is 7. The predicted octanol–water partition coefficient (Wildman–Crippen LogP) is 20.7. The second-order valence-corrected chi connectivity index (χ2v) is 27.6. The van der Waals surface area contributed by atoms with Gasteiger partial charge in [0.05, 0.1) is 16.8 Å². The van der Waals surface area contributed by atoms with Crippen LogP contribution < -0.4 is 26.2 Å². The Labute approximate surface area is 521 Å². The summed E-state index contributed by atoms with van der Waals surface area (Å²) in [5.41, 5.74) is 30.8. The number of hydrogen-bond donors (Lipinski definition) is 0. The Bertz CT molecular complexity index is 4560. The molecule has 0 spiro atoms. The first kappa shape index (κ1) is 54.9. The highest BCUT2D eigenvalue weighted by Gasteiger charge is 2.50. The van der Waals surface area contributed by atoms with Crippen LogP contribution in [0, 0.1) is 0 Å². The summed E-state index contributed by atoms with van der Waals surface area (Å²) in [6.07, 6.45) is 0. The van der Waals surface area contributed by atoms with Gasteiger partial charge in [-0.2, -0.15) is 0 Å². The molecule has 0 radical (unpaired) electrons. The normalized spacial score (nSPS) is 13.8. The molecule has 2 heterocycles. The van der Waals surface area contributed by atoms with E-state index < -0.39 is 5.41 Å². The molecule has 12 aromatic carbocycles. The lowest BCUT2D eigenvalue weighted by atomic mass is 9.33. The quantitative estimate of drug-likeness (QED) is 0.140. The van der Waals surface area contributed by atoms with Crippen molar-refractivity contribution in [2.24, 2.45) is 0 Å². The van der Waals surface area contributed by atoms with Crippen molar-refractivity contribution in [1.29, 1.82) is 0 Å². The van der Waals surface area contributed by atoms with Crippen LogP contribution in [0.5, 0.6) is 0 Å². The second kappa shape index (κ2) is 20.7. The zero-order valence-corrected chi connectivity index (χ0v) is 52.0. The fraction of sp³-hybridized carbons (Fsp3) is 0.153. The average Bonchev–Trinajstić information content (AvgIpc) is 1.24. The molecular formula is C85H73BN2. The van der Waals surface area contributed by atoms with E-state index >= 15 is 0 Å². The van der Waals surface area contributed by atoms with Crippen LogP contribution in [0.4, 0.5) is 34.1 Å². The SMILES string of the molecule is CC(C)(C)c1ccc2c(c1)B1c3ccc(C(C)(C)C)cc3N(c3ccc(C(C)(C)C)cc3-c3ccccc3)c3cc(-c4cccc5c4C(c4ccccc4)(c4ccccc4)c4ccccc4-5)cc(c31)N2c1c(-c2ccccc2)cccc1-c1ccccc1. The van der Waals surface area contributed by atoms with E-state index in [-0.39, 0.29) is 23.0 Å². The molecule has 0 saturated carbocycles. The van der Waals surface area contributed by atoms with Crippen LogP contribution in [-0.4, -0.2) is 6.71 Å². The van der Waals surface area contributed by atoms with Crippen molar-refractivity contribution in [3.63, 3.8) is 0 Å². The molecule has 88 heavy (non-hydrogen) atoms. The Kier molecular flexibility index (Phi) is 12.9. The van der Waals surface area contributed by atoms with Crippen LogP contribution >= 0.6 is 0 Å². The molecule has 0 saturated heterocycles. The summed E-state index contributed by atoms with van der Waals surface area (Å²) < 4.78 is 0. The van der Waals surface area contributed by atoms with Crippen molar-refractivity contribution < 1.29 is 0 Å². The van der Waals surface area contributed by atoms with Crippen molar-refractivity contribution in [2.75, 3.05) is 9.80 Å².